The maximum atomic E-state index is 12.2. The molecule has 0 bridgehead atoms. The summed E-state index contributed by atoms with van der Waals surface area (Å²) < 4.78 is 10.7. The van der Waals surface area contributed by atoms with Crippen molar-refractivity contribution < 1.29 is 19.1 Å². The highest BCUT2D eigenvalue weighted by molar-refractivity contribution is 5.97. The minimum absolute atomic E-state index is 0.105. The van der Waals surface area contributed by atoms with E-state index < -0.39 is 11.8 Å². The number of rotatable bonds is 8. The lowest BCUT2D eigenvalue weighted by Crippen LogP contribution is -2.43. The van der Waals surface area contributed by atoms with Gasteiger partial charge in [-0.1, -0.05) is 42.5 Å². The molecular weight excluding hydrogens is 320 g/mol. The summed E-state index contributed by atoms with van der Waals surface area (Å²) in [7, 11) is 0. The van der Waals surface area contributed by atoms with Crippen molar-refractivity contribution in [2.45, 2.75) is 13.3 Å². The molecular formula is C19H22N2O4. The first-order valence-corrected chi connectivity index (χ1v) is 8.13. The number of hydrogen-bond donors (Lipinski definition) is 2. The van der Waals surface area contributed by atoms with Crippen molar-refractivity contribution in [1.82, 2.24) is 10.9 Å². The number of hydrazine groups is 1. The molecule has 132 valence electrons. The van der Waals surface area contributed by atoms with Crippen molar-refractivity contribution in [3.05, 3.63) is 65.7 Å². The molecule has 0 atom stereocenters. The van der Waals surface area contributed by atoms with Crippen LogP contribution in [0.5, 0.6) is 5.75 Å². The lowest BCUT2D eigenvalue weighted by Gasteiger charge is -2.12. The van der Waals surface area contributed by atoms with E-state index in [9.17, 15) is 9.59 Å². The van der Waals surface area contributed by atoms with Crippen molar-refractivity contribution >= 4 is 11.8 Å². The number of amides is 2. The van der Waals surface area contributed by atoms with Crippen LogP contribution in [-0.4, -0.2) is 31.6 Å². The van der Waals surface area contributed by atoms with Crippen LogP contribution in [0.25, 0.3) is 0 Å². The van der Waals surface area contributed by atoms with Crippen molar-refractivity contribution in [2.24, 2.45) is 0 Å². The van der Waals surface area contributed by atoms with E-state index >= 15 is 0 Å². The highest BCUT2D eigenvalue weighted by Crippen LogP contribution is 2.18. The van der Waals surface area contributed by atoms with E-state index in [1.807, 2.05) is 30.3 Å². The normalized spacial score (nSPS) is 10.1. The Labute approximate surface area is 147 Å². The number of benzene rings is 2. The van der Waals surface area contributed by atoms with Gasteiger partial charge in [-0.2, -0.15) is 0 Å². The Balaban J connectivity index is 1.88. The predicted octanol–water partition coefficient (Wildman–Crippen LogP) is 2.11. The van der Waals surface area contributed by atoms with Crippen molar-refractivity contribution in [2.75, 3.05) is 19.8 Å². The second-order valence-electron chi connectivity index (χ2n) is 5.22. The van der Waals surface area contributed by atoms with Gasteiger partial charge in [-0.15, -0.1) is 0 Å². The summed E-state index contributed by atoms with van der Waals surface area (Å²) in [6.07, 6.45) is 0.738. The molecule has 0 aromatic heterocycles. The zero-order valence-corrected chi connectivity index (χ0v) is 14.2. The summed E-state index contributed by atoms with van der Waals surface area (Å²) in [4.78, 5) is 23.7. The van der Waals surface area contributed by atoms with Crippen LogP contribution in [0, 0.1) is 0 Å². The zero-order valence-electron chi connectivity index (χ0n) is 14.2. The molecule has 0 aliphatic rings. The smallest absolute Gasteiger partial charge is 0.273 e. The molecule has 0 saturated heterocycles. The number of carbonyl (C=O) groups is 2. The molecule has 25 heavy (non-hydrogen) atoms. The van der Waals surface area contributed by atoms with Gasteiger partial charge in [0.15, 0.2) is 0 Å². The molecule has 0 unspecified atom stereocenters. The van der Waals surface area contributed by atoms with E-state index in [1.54, 1.807) is 31.2 Å². The van der Waals surface area contributed by atoms with Crippen molar-refractivity contribution in [3.8, 4) is 5.75 Å². The molecule has 0 aliphatic heterocycles. The minimum atomic E-state index is -0.444. The maximum Gasteiger partial charge on any atom is 0.273 e. The Bertz CT molecular complexity index is 689. The third-order valence-corrected chi connectivity index (χ3v) is 3.38. The summed E-state index contributed by atoms with van der Waals surface area (Å²) >= 11 is 0. The molecule has 0 aliphatic carbocycles. The van der Waals surface area contributed by atoms with E-state index in [1.165, 1.54) is 0 Å². The van der Waals surface area contributed by atoms with Gasteiger partial charge < -0.3 is 9.47 Å². The highest BCUT2D eigenvalue weighted by atomic mass is 16.5. The van der Waals surface area contributed by atoms with E-state index in [-0.39, 0.29) is 6.61 Å². The highest BCUT2D eigenvalue weighted by Gasteiger charge is 2.13. The SMILES string of the molecule is CCOCC(=O)NNC(=O)c1ccccc1OCCc1ccccc1. The first kappa shape index (κ1) is 18.5. The van der Waals surface area contributed by atoms with Crippen LogP contribution in [0.3, 0.4) is 0 Å². The first-order chi connectivity index (χ1) is 12.2. The van der Waals surface area contributed by atoms with Crippen LogP contribution in [0.1, 0.15) is 22.8 Å². The van der Waals surface area contributed by atoms with E-state index in [0.29, 0.717) is 24.5 Å². The molecule has 2 aromatic rings. The molecule has 0 saturated carbocycles. The lowest BCUT2D eigenvalue weighted by atomic mass is 10.1. The molecule has 0 fully saturated rings. The molecule has 6 nitrogen and oxygen atoms in total. The number of ether oxygens (including phenoxy) is 2. The standard InChI is InChI=1S/C19H22N2O4/c1-2-24-14-18(22)20-21-19(23)16-10-6-7-11-17(16)25-13-12-15-8-4-3-5-9-15/h3-11H,2,12-14H2,1H3,(H,20,22)(H,21,23). The quantitative estimate of drug-likeness (QED) is 0.721. The summed E-state index contributed by atoms with van der Waals surface area (Å²) in [6, 6.07) is 16.9. The molecule has 2 N–H and O–H groups in total. The average molecular weight is 342 g/mol. The van der Waals surface area contributed by atoms with Crippen LogP contribution in [0.2, 0.25) is 0 Å². The second kappa shape index (κ2) is 10.1. The van der Waals surface area contributed by atoms with Gasteiger partial charge in [-0.05, 0) is 24.6 Å². The molecule has 0 spiro atoms. The summed E-state index contributed by atoms with van der Waals surface area (Å²) in [6.45, 7) is 2.56. The van der Waals surface area contributed by atoms with Gasteiger partial charge in [0.2, 0.25) is 0 Å². The molecule has 6 heteroatoms. The number of para-hydroxylation sites is 1. The molecule has 2 amide bonds. The Hall–Kier alpha value is -2.86. The molecule has 0 heterocycles. The fraction of sp³-hybridized carbons (Fsp3) is 0.263. The van der Waals surface area contributed by atoms with Gasteiger partial charge in [0.25, 0.3) is 11.8 Å². The summed E-state index contributed by atoms with van der Waals surface area (Å²) in [5.74, 6) is -0.396. The van der Waals surface area contributed by atoms with Crippen LogP contribution in [0.4, 0.5) is 0 Å². The Morgan fingerprint density at radius 1 is 0.960 bits per heavy atom. The maximum absolute atomic E-state index is 12.2. The van der Waals surface area contributed by atoms with Crippen molar-refractivity contribution in [3.63, 3.8) is 0 Å². The molecule has 0 radical (unpaired) electrons. The topological polar surface area (TPSA) is 76.7 Å². The van der Waals surface area contributed by atoms with Gasteiger partial charge in [0.1, 0.15) is 12.4 Å². The summed E-state index contributed by atoms with van der Waals surface area (Å²) in [5.41, 5.74) is 6.18. The Morgan fingerprint density at radius 2 is 1.68 bits per heavy atom. The fourth-order valence-corrected chi connectivity index (χ4v) is 2.13. The van der Waals surface area contributed by atoms with Crippen molar-refractivity contribution in [1.29, 1.82) is 0 Å². The fourth-order valence-electron chi connectivity index (χ4n) is 2.13. The Kier molecular flexibility index (Phi) is 7.46. The van der Waals surface area contributed by atoms with Crippen LogP contribution in [-0.2, 0) is 16.0 Å². The predicted molar refractivity (Wildman–Crippen MR) is 94.2 cm³/mol. The monoisotopic (exact) mass is 342 g/mol. The van der Waals surface area contributed by atoms with Crippen LogP contribution < -0.4 is 15.6 Å². The largest absolute Gasteiger partial charge is 0.492 e. The van der Waals surface area contributed by atoms with E-state index in [4.69, 9.17) is 9.47 Å². The number of hydrogen-bond acceptors (Lipinski definition) is 4. The van der Waals surface area contributed by atoms with Gasteiger partial charge in [-0.3, -0.25) is 20.4 Å². The Morgan fingerprint density at radius 3 is 2.44 bits per heavy atom. The molecule has 2 rings (SSSR count). The third-order valence-electron chi connectivity index (χ3n) is 3.38. The van der Waals surface area contributed by atoms with Gasteiger partial charge >= 0.3 is 0 Å². The van der Waals surface area contributed by atoms with Crippen LogP contribution in [0.15, 0.2) is 54.6 Å². The van der Waals surface area contributed by atoms with Crippen LogP contribution >= 0.6 is 0 Å². The number of carbonyl (C=O) groups excluding carboxylic acids is 2. The first-order valence-electron chi connectivity index (χ1n) is 8.13. The van der Waals surface area contributed by atoms with E-state index in [0.717, 1.165) is 12.0 Å². The third kappa shape index (κ3) is 6.27. The van der Waals surface area contributed by atoms with Gasteiger partial charge in [0.05, 0.1) is 12.2 Å². The zero-order chi connectivity index (χ0) is 17.9. The van der Waals surface area contributed by atoms with E-state index in [2.05, 4.69) is 10.9 Å². The minimum Gasteiger partial charge on any atom is -0.492 e. The van der Waals surface area contributed by atoms with Gasteiger partial charge in [-0.25, -0.2) is 0 Å². The summed E-state index contributed by atoms with van der Waals surface area (Å²) in [5, 5.41) is 0. The second-order valence-corrected chi connectivity index (χ2v) is 5.22. The lowest BCUT2D eigenvalue weighted by molar-refractivity contribution is -0.126. The molecule has 2 aromatic carbocycles. The van der Waals surface area contributed by atoms with Gasteiger partial charge in [0, 0.05) is 13.0 Å². The average Bonchev–Trinajstić information content (AvgIpc) is 2.65. The number of nitrogens with one attached hydrogen (secondary N) is 2.